The Morgan fingerprint density at radius 3 is 2.25 bits per heavy atom. The molecule has 136 valence electrons. The first-order chi connectivity index (χ1) is 13.8. The van der Waals surface area contributed by atoms with Crippen molar-refractivity contribution in [2.75, 3.05) is 6.61 Å². The normalized spacial score (nSPS) is 10.3. The van der Waals surface area contributed by atoms with Gasteiger partial charge in [-0.1, -0.05) is 66.7 Å². The van der Waals surface area contributed by atoms with Gasteiger partial charge in [0.25, 0.3) is 0 Å². The molecule has 1 heterocycles. The van der Waals surface area contributed by atoms with Gasteiger partial charge in [-0.15, -0.1) is 0 Å². The van der Waals surface area contributed by atoms with Crippen LogP contribution in [0.3, 0.4) is 0 Å². The van der Waals surface area contributed by atoms with Crippen LogP contribution in [0.5, 0.6) is 0 Å². The Balaban J connectivity index is 2.03. The van der Waals surface area contributed by atoms with Crippen LogP contribution in [-0.2, 0) is 4.74 Å². The standard InChI is InChI=1S/C25H19NO2/c1-2-28-25(27)23-21-15-9-10-16-22(21)26(18-17-19-11-5-3-6-12-19)24(23)20-13-7-4-8-14-20/h3-16H,2H2,1H3. The minimum atomic E-state index is -0.335. The van der Waals surface area contributed by atoms with Gasteiger partial charge in [0.1, 0.15) is 0 Å². The van der Waals surface area contributed by atoms with E-state index in [0.29, 0.717) is 12.2 Å². The van der Waals surface area contributed by atoms with Crippen LogP contribution in [0.4, 0.5) is 0 Å². The molecule has 3 nitrogen and oxygen atoms in total. The first-order valence-corrected chi connectivity index (χ1v) is 9.22. The lowest BCUT2D eigenvalue weighted by atomic mass is 10.1. The van der Waals surface area contributed by atoms with Crippen molar-refractivity contribution in [2.24, 2.45) is 0 Å². The number of hydrogen-bond donors (Lipinski definition) is 0. The molecule has 0 spiro atoms. The summed E-state index contributed by atoms with van der Waals surface area (Å²) < 4.78 is 7.27. The number of carbonyl (C=O) groups is 1. The molecule has 0 bridgehead atoms. The summed E-state index contributed by atoms with van der Waals surface area (Å²) >= 11 is 0. The molecule has 4 aromatic rings. The van der Waals surface area contributed by atoms with Crippen LogP contribution in [0.15, 0.2) is 84.9 Å². The average Bonchev–Trinajstić information content (AvgIpc) is 3.08. The Hall–Kier alpha value is -3.77. The number of ether oxygens (including phenoxy) is 1. The smallest absolute Gasteiger partial charge is 0.341 e. The number of benzene rings is 3. The fraction of sp³-hybridized carbons (Fsp3) is 0.0800. The zero-order valence-electron chi connectivity index (χ0n) is 15.6. The topological polar surface area (TPSA) is 31.2 Å². The van der Waals surface area contributed by atoms with Gasteiger partial charge in [-0.05, 0) is 31.0 Å². The van der Waals surface area contributed by atoms with Crippen molar-refractivity contribution in [2.45, 2.75) is 6.92 Å². The first-order valence-electron chi connectivity index (χ1n) is 9.22. The molecule has 0 aliphatic carbocycles. The van der Waals surface area contributed by atoms with E-state index >= 15 is 0 Å². The highest BCUT2D eigenvalue weighted by atomic mass is 16.5. The van der Waals surface area contributed by atoms with Crippen LogP contribution < -0.4 is 0 Å². The maximum Gasteiger partial charge on any atom is 0.341 e. The van der Waals surface area contributed by atoms with E-state index in [1.165, 1.54) is 0 Å². The van der Waals surface area contributed by atoms with E-state index < -0.39 is 0 Å². The van der Waals surface area contributed by atoms with Crippen LogP contribution in [0.1, 0.15) is 22.8 Å². The van der Waals surface area contributed by atoms with Gasteiger partial charge < -0.3 is 4.74 Å². The molecule has 0 fully saturated rings. The third kappa shape index (κ3) is 3.28. The van der Waals surface area contributed by atoms with Gasteiger partial charge >= 0.3 is 5.97 Å². The second kappa shape index (κ2) is 7.85. The van der Waals surface area contributed by atoms with Crippen molar-refractivity contribution in [3.05, 3.63) is 96.1 Å². The largest absolute Gasteiger partial charge is 0.462 e. The van der Waals surface area contributed by atoms with Crippen molar-refractivity contribution in [3.8, 4) is 23.2 Å². The number of carbonyl (C=O) groups excluding carboxylic acids is 1. The molecule has 3 heteroatoms. The van der Waals surface area contributed by atoms with Crippen LogP contribution in [0.25, 0.3) is 22.2 Å². The Bertz CT molecular complexity index is 1180. The molecule has 0 aliphatic heterocycles. The summed E-state index contributed by atoms with van der Waals surface area (Å²) in [6, 6.07) is 30.7. The lowest BCUT2D eigenvalue weighted by Gasteiger charge is -2.07. The van der Waals surface area contributed by atoms with E-state index in [0.717, 1.165) is 27.7 Å². The molecule has 0 amide bonds. The molecule has 0 saturated heterocycles. The first kappa shape index (κ1) is 17.6. The Morgan fingerprint density at radius 2 is 1.54 bits per heavy atom. The quantitative estimate of drug-likeness (QED) is 0.362. The molecular weight excluding hydrogens is 346 g/mol. The van der Waals surface area contributed by atoms with Gasteiger partial charge in [-0.3, -0.25) is 4.57 Å². The summed E-state index contributed by atoms with van der Waals surface area (Å²) in [4.78, 5) is 12.9. The number of nitrogens with zero attached hydrogens (tertiary/aromatic N) is 1. The Kier molecular flexibility index (Phi) is 4.95. The molecule has 0 aliphatic rings. The number of rotatable bonds is 3. The van der Waals surface area contributed by atoms with Gasteiger partial charge in [0, 0.05) is 22.6 Å². The molecular formula is C25H19NO2. The van der Waals surface area contributed by atoms with E-state index in [4.69, 9.17) is 4.74 Å². The van der Waals surface area contributed by atoms with Crippen molar-refractivity contribution in [1.29, 1.82) is 0 Å². The van der Waals surface area contributed by atoms with Crippen molar-refractivity contribution in [3.63, 3.8) is 0 Å². The van der Waals surface area contributed by atoms with E-state index in [1.807, 2.05) is 96.4 Å². The van der Waals surface area contributed by atoms with Gasteiger partial charge in [-0.25, -0.2) is 4.79 Å². The average molecular weight is 365 g/mol. The minimum absolute atomic E-state index is 0.322. The van der Waals surface area contributed by atoms with Crippen LogP contribution in [0.2, 0.25) is 0 Å². The highest BCUT2D eigenvalue weighted by Gasteiger charge is 2.24. The second-order valence-electron chi connectivity index (χ2n) is 6.27. The lowest BCUT2D eigenvalue weighted by Crippen LogP contribution is -2.06. The number of fused-ring (bicyclic) bond motifs is 1. The molecule has 0 atom stereocenters. The zero-order chi connectivity index (χ0) is 19.3. The zero-order valence-corrected chi connectivity index (χ0v) is 15.6. The van der Waals surface area contributed by atoms with Crippen molar-refractivity contribution >= 4 is 16.9 Å². The molecule has 0 unspecified atom stereocenters. The molecule has 28 heavy (non-hydrogen) atoms. The maximum atomic E-state index is 12.9. The SMILES string of the molecule is CCOC(=O)c1c(-c2ccccc2)n(C#Cc2ccccc2)c2ccccc12. The predicted octanol–water partition coefficient (Wildman–Crippen LogP) is 5.34. The summed E-state index contributed by atoms with van der Waals surface area (Å²) in [5.74, 6) is 2.87. The molecule has 0 saturated carbocycles. The summed E-state index contributed by atoms with van der Waals surface area (Å²) in [5, 5.41) is 0.835. The van der Waals surface area contributed by atoms with Crippen molar-refractivity contribution < 1.29 is 9.53 Å². The Morgan fingerprint density at radius 1 is 0.893 bits per heavy atom. The summed E-state index contributed by atoms with van der Waals surface area (Å²) in [7, 11) is 0. The minimum Gasteiger partial charge on any atom is -0.462 e. The monoisotopic (exact) mass is 365 g/mol. The molecule has 0 radical (unpaired) electrons. The fourth-order valence-electron chi connectivity index (χ4n) is 3.28. The third-order valence-electron chi connectivity index (χ3n) is 4.49. The van der Waals surface area contributed by atoms with Crippen LogP contribution in [0, 0.1) is 12.0 Å². The maximum absolute atomic E-state index is 12.9. The fourth-order valence-corrected chi connectivity index (χ4v) is 3.28. The number of esters is 1. The molecule has 3 aromatic carbocycles. The van der Waals surface area contributed by atoms with Gasteiger partial charge in [-0.2, -0.15) is 0 Å². The van der Waals surface area contributed by atoms with Crippen LogP contribution in [-0.4, -0.2) is 17.1 Å². The number of aromatic nitrogens is 1. The summed E-state index contributed by atoms with van der Waals surface area (Å²) in [5.41, 5.74) is 4.02. The van der Waals surface area contributed by atoms with Crippen LogP contribution >= 0.6 is 0 Å². The predicted molar refractivity (Wildman–Crippen MR) is 112 cm³/mol. The van der Waals surface area contributed by atoms with Gasteiger partial charge in [0.2, 0.25) is 0 Å². The molecule has 4 rings (SSSR count). The van der Waals surface area contributed by atoms with E-state index in [9.17, 15) is 4.79 Å². The van der Waals surface area contributed by atoms with Gasteiger partial charge in [0.05, 0.1) is 23.4 Å². The number of hydrogen-bond acceptors (Lipinski definition) is 2. The third-order valence-corrected chi connectivity index (χ3v) is 4.49. The highest BCUT2D eigenvalue weighted by Crippen LogP contribution is 2.34. The number of para-hydroxylation sites is 1. The summed E-state index contributed by atoms with van der Waals surface area (Å²) in [6.45, 7) is 2.14. The van der Waals surface area contributed by atoms with Gasteiger partial charge in [0.15, 0.2) is 0 Å². The second-order valence-corrected chi connectivity index (χ2v) is 6.27. The van der Waals surface area contributed by atoms with Crippen molar-refractivity contribution in [1.82, 2.24) is 4.57 Å². The highest BCUT2D eigenvalue weighted by molar-refractivity contribution is 6.11. The Labute approximate surface area is 164 Å². The summed E-state index contributed by atoms with van der Waals surface area (Å²) in [6.07, 6.45) is 0. The lowest BCUT2D eigenvalue weighted by molar-refractivity contribution is 0.0529. The molecule has 1 aromatic heterocycles. The molecule has 0 N–H and O–H groups in total. The van der Waals surface area contributed by atoms with E-state index in [1.54, 1.807) is 0 Å². The van der Waals surface area contributed by atoms with E-state index in [-0.39, 0.29) is 5.97 Å². The van der Waals surface area contributed by atoms with E-state index in [2.05, 4.69) is 12.0 Å².